The molecular formula is C16H25NO4. The summed E-state index contributed by atoms with van der Waals surface area (Å²) in [5.41, 5.74) is 0. The van der Waals surface area contributed by atoms with E-state index in [1.165, 1.54) is 13.4 Å². The van der Waals surface area contributed by atoms with Crippen LogP contribution in [0.5, 0.6) is 0 Å². The van der Waals surface area contributed by atoms with Gasteiger partial charge in [-0.1, -0.05) is 33.1 Å². The van der Waals surface area contributed by atoms with Gasteiger partial charge in [-0.05, 0) is 18.6 Å². The Balaban J connectivity index is 2.65. The second kappa shape index (κ2) is 9.21. The Labute approximate surface area is 126 Å². The minimum Gasteiger partial charge on any atom is -0.469 e. The first kappa shape index (κ1) is 17.3. The molecule has 5 nitrogen and oxygen atoms in total. The summed E-state index contributed by atoms with van der Waals surface area (Å²) >= 11 is 0. The van der Waals surface area contributed by atoms with Crippen molar-refractivity contribution in [2.75, 3.05) is 20.2 Å². The largest absolute Gasteiger partial charge is 0.469 e. The molecule has 0 saturated heterocycles. The van der Waals surface area contributed by atoms with E-state index < -0.39 is 0 Å². The molecule has 0 aliphatic carbocycles. The summed E-state index contributed by atoms with van der Waals surface area (Å²) < 4.78 is 9.89. The lowest BCUT2D eigenvalue weighted by Crippen LogP contribution is -2.37. The predicted molar refractivity (Wildman–Crippen MR) is 79.9 cm³/mol. The monoisotopic (exact) mass is 295 g/mol. The van der Waals surface area contributed by atoms with Crippen molar-refractivity contribution in [1.82, 2.24) is 4.90 Å². The molecule has 118 valence electrons. The number of furan rings is 1. The van der Waals surface area contributed by atoms with Gasteiger partial charge in [-0.2, -0.15) is 0 Å². The molecule has 0 saturated carbocycles. The van der Waals surface area contributed by atoms with Gasteiger partial charge in [0.2, 0.25) is 0 Å². The van der Waals surface area contributed by atoms with Gasteiger partial charge >= 0.3 is 5.97 Å². The summed E-state index contributed by atoms with van der Waals surface area (Å²) in [6, 6.07) is 3.33. The number of carbonyl (C=O) groups is 2. The van der Waals surface area contributed by atoms with E-state index in [1.807, 2.05) is 0 Å². The fraction of sp³-hybridized carbons (Fsp3) is 0.625. The minimum atomic E-state index is -0.347. The van der Waals surface area contributed by atoms with Crippen LogP contribution in [0.2, 0.25) is 0 Å². The molecule has 0 bridgehead atoms. The van der Waals surface area contributed by atoms with Crippen LogP contribution >= 0.6 is 0 Å². The molecule has 0 spiro atoms. The summed E-state index contributed by atoms with van der Waals surface area (Å²) in [5, 5.41) is 0. The first-order valence-corrected chi connectivity index (χ1v) is 7.50. The molecule has 1 atom stereocenters. The molecule has 1 aromatic rings. The molecule has 5 heteroatoms. The second-order valence-electron chi connectivity index (χ2n) is 5.21. The molecule has 1 unspecified atom stereocenters. The molecule has 1 rings (SSSR count). The van der Waals surface area contributed by atoms with Crippen LogP contribution in [0.1, 0.15) is 50.1 Å². The van der Waals surface area contributed by atoms with E-state index in [4.69, 9.17) is 9.15 Å². The van der Waals surface area contributed by atoms with Crippen LogP contribution in [-0.4, -0.2) is 37.0 Å². The number of esters is 1. The lowest BCUT2D eigenvalue weighted by molar-refractivity contribution is -0.145. The summed E-state index contributed by atoms with van der Waals surface area (Å²) in [6.07, 6.45) is 5.77. The lowest BCUT2D eigenvalue weighted by Gasteiger charge is -2.24. The maximum Gasteiger partial charge on any atom is 0.310 e. The van der Waals surface area contributed by atoms with Crippen LogP contribution in [0.4, 0.5) is 0 Å². The summed E-state index contributed by atoms with van der Waals surface area (Å²) in [5.74, 6) is -0.518. The number of rotatable bonds is 9. The van der Waals surface area contributed by atoms with Gasteiger partial charge in [0.1, 0.15) is 0 Å². The van der Waals surface area contributed by atoms with Crippen molar-refractivity contribution >= 4 is 11.9 Å². The maximum absolute atomic E-state index is 12.4. The number of hydrogen-bond donors (Lipinski definition) is 0. The molecule has 0 N–H and O–H groups in total. The van der Waals surface area contributed by atoms with Crippen LogP contribution < -0.4 is 0 Å². The molecule has 0 radical (unpaired) electrons. The van der Waals surface area contributed by atoms with Gasteiger partial charge in [-0.25, -0.2) is 0 Å². The Morgan fingerprint density at radius 1 is 1.33 bits per heavy atom. The quantitative estimate of drug-likeness (QED) is 0.519. The van der Waals surface area contributed by atoms with E-state index in [2.05, 4.69) is 6.92 Å². The standard InChI is InChI=1S/C16H25NO4/c1-4-5-6-7-10-17(12-13(2)16(19)20-3)15(18)14-9-8-11-21-14/h8-9,11,13H,4-7,10,12H2,1-3H3. The van der Waals surface area contributed by atoms with Gasteiger partial charge in [-0.3, -0.25) is 9.59 Å². The van der Waals surface area contributed by atoms with E-state index in [1.54, 1.807) is 24.0 Å². The smallest absolute Gasteiger partial charge is 0.310 e. The van der Waals surface area contributed by atoms with Crippen molar-refractivity contribution in [1.29, 1.82) is 0 Å². The molecule has 0 fully saturated rings. The third-order valence-corrected chi connectivity index (χ3v) is 3.40. The summed E-state index contributed by atoms with van der Waals surface area (Å²) in [4.78, 5) is 25.6. The Morgan fingerprint density at radius 2 is 2.10 bits per heavy atom. The van der Waals surface area contributed by atoms with E-state index in [-0.39, 0.29) is 17.8 Å². The van der Waals surface area contributed by atoms with Gasteiger partial charge in [0.05, 0.1) is 19.3 Å². The fourth-order valence-electron chi connectivity index (χ4n) is 2.17. The number of carbonyl (C=O) groups excluding carboxylic acids is 2. The van der Waals surface area contributed by atoms with Crippen molar-refractivity contribution < 1.29 is 18.7 Å². The van der Waals surface area contributed by atoms with Gasteiger partial charge in [0.25, 0.3) is 5.91 Å². The highest BCUT2D eigenvalue weighted by molar-refractivity contribution is 5.91. The maximum atomic E-state index is 12.4. The van der Waals surface area contributed by atoms with Crippen molar-refractivity contribution in [3.05, 3.63) is 24.2 Å². The SMILES string of the molecule is CCCCCCN(CC(C)C(=O)OC)C(=O)c1ccco1. The normalized spacial score (nSPS) is 12.0. The van der Waals surface area contributed by atoms with E-state index in [9.17, 15) is 9.59 Å². The van der Waals surface area contributed by atoms with Crippen molar-refractivity contribution in [3.63, 3.8) is 0 Å². The number of ether oxygens (including phenoxy) is 1. The van der Waals surface area contributed by atoms with Crippen LogP contribution in [0.25, 0.3) is 0 Å². The minimum absolute atomic E-state index is 0.174. The zero-order chi connectivity index (χ0) is 15.7. The highest BCUT2D eigenvalue weighted by Gasteiger charge is 2.23. The second-order valence-corrected chi connectivity index (χ2v) is 5.21. The number of amides is 1. The predicted octanol–water partition coefficient (Wildman–Crippen LogP) is 3.11. The molecule has 1 heterocycles. The average Bonchev–Trinajstić information content (AvgIpc) is 3.02. The Hall–Kier alpha value is -1.78. The van der Waals surface area contributed by atoms with Crippen LogP contribution in [0, 0.1) is 5.92 Å². The van der Waals surface area contributed by atoms with E-state index in [0.717, 1.165) is 25.7 Å². The average molecular weight is 295 g/mol. The van der Waals surface area contributed by atoms with Crippen LogP contribution in [0.15, 0.2) is 22.8 Å². The Morgan fingerprint density at radius 3 is 2.67 bits per heavy atom. The molecule has 1 aromatic heterocycles. The molecule has 0 aromatic carbocycles. The van der Waals surface area contributed by atoms with Crippen molar-refractivity contribution in [2.24, 2.45) is 5.92 Å². The van der Waals surface area contributed by atoms with Crippen LogP contribution in [0.3, 0.4) is 0 Å². The Bertz CT molecular complexity index is 427. The number of hydrogen-bond acceptors (Lipinski definition) is 4. The van der Waals surface area contributed by atoms with Gasteiger partial charge < -0.3 is 14.1 Å². The molecule has 0 aliphatic rings. The van der Waals surface area contributed by atoms with Gasteiger partial charge in [0, 0.05) is 13.1 Å². The molecular weight excluding hydrogens is 270 g/mol. The number of unbranched alkanes of at least 4 members (excludes halogenated alkanes) is 3. The molecule has 21 heavy (non-hydrogen) atoms. The molecule has 0 aliphatic heterocycles. The van der Waals surface area contributed by atoms with E-state index in [0.29, 0.717) is 18.8 Å². The lowest BCUT2D eigenvalue weighted by atomic mass is 10.1. The zero-order valence-corrected chi connectivity index (χ0v) is 13.1. The third-order valence-electron chi connectivity index (χ3n) is 3.40. The van der Waals surface area contributed by atoms with Crippen molar-refractivity contribution in [2.45, 2.75) is 39.5 Å². The first-order valence-electron chi connectivity index (χ1n) is 7.50. The summed E-state index contributed by atoms with van der Waals surface area (Å²) in [7, 11) is 1.36. The first-order chi connectivity index (χ1) is 10.1. The summed E-state index contributed by atoms with van der Waals surface area (Å²) in [6.45, 7) is 4.88. The topological polar surface area (TPSA) is 59.8 Å². The number of nitrogens with zero attached hydrogens (tertiary/aromatic N) is 1. The van der Waals surface area contributed by atoms with Gasteiger partial charge in [0.15, 0.2) is 5.76 Å². The third kappa shape index (κ3) is 5.61. The van der Waals surface area contributed by atoms with Gasteiger partial charge in [-0.15, -0.1) is 0 Å². The fourth-order valence-corrected chi connectivity index (χ4v) is 2.17. The Kier molecular flexibility index (Phi) is 7.58. The molecule has 1 amide bonds. The van der Waals surface area contributed by atoms with Crippen LogP contribution in [-0.2, 0) is 9.53 Å². The van der Waals surface area contributed by atoms with E-state index >= 15 is 0 Å². The van der Waals surface area contributed by atoms with Crippen molar-refractivity contribution in [3.8, 4) is 0 Å². The number of methoxy groups -OCH3 is 1. The highest BCUT2D eigenvalue weighted by atomic mass is 16.5. The highest BCUT2D eigenvalue weighted by Crippen LogP contribution is 2.11. The zero-order valence-electron chi connectivity index (χ0n) is 13.1.